The van der Waals surface area contributed by atoms with Gasteiger partial charge in [-0.15, -0.1) is 0 Å². The normalized spacial score (nSPS) is 29.5. The topological polar surface area (TPSA) is 210 Å². The highest BCUT2D eigenvalue weighted by molar-refractivity contribution is 5.68. The smallest absolute Gasteiger partial charge is 0.407 e. The van der Waals surface area contributed by atoms with E-state index < -0.39 is 23.4 Å². The first-order valence-electron chi connectivity index (χ1n) is 15.5. The predicted octanol–water partition coefficient (Wildman–Crippen LogP) is 5.11. The van der Waals surface area contributed by atoms with Crippen molar-refractivity contribution < 1.29 is 39.5 Å². The second kappa shape index (κ2) is 24.4. The van der Waals surface area contributed by atoms with Gasteiger partial charge in [0, 0.05) is 24.2 Å². The number of aliphatic hydroxyl groups is 4. The van der Waals surface area contributed by atoms with Crippen molar-refractivity contribution in [3.05, 3.63) is 0 Å². The number of rotatable bonds is 2. The second-order valence-corrected chi connectivity index (χ2v) is 14.1. The lowest BCUT2D eigenvalue weighted by Gasteiger charge is -2.21. The Kier molecular flexibility index (Phi) is 27.2. The number of nitrogens with two attached hydrogens (primary N) is 2. The fraction of sp³-hybridized carbons (Fsp3) is 0.941. The third kappa shape index (κ3) is 26.4. The summed E-state index contributed by atoms with van der Waals surface area (Å²) in [7, 11) is 0. The van der Waals surface area contributed by atoms with Crippen molar-refractivity contribution >= 4 is 12.2 Å². The summed E-state index contributed by atoms with van der Waals surface area (Å²) in [5.41, 5.74) is 10.0. The summed E-state index contributed by atoms with van der Waals surface area (Å²) < 4.78 is 10.2. The van der Waals surface area contributed by atoms with Crippen LogP contribution < -0.4 is 22.1 Å². The molecule has 4 aliphatic carbocycles. The van der Waals surface area contributed by atoms with Gasteiger partial charge in [-0.3, -0.25) is 0 Å². The summed E-state index contributed by atoms with van der Waals surface area (Å²) in [6.07, 6.45) is 8.37. The standard InChI is InChI=1S/2C10H19NO3.2C5H11NO.4CH4/c2*1-10(2,3)14-9(13)11-7-4-5-8(12)6-7;2*6-4-1-2-5(7)3-4;;;;/h2*7-8,12H,4-6H2,1-3H3,(H,11,13);2*4-5,7H,1-3,6H2;4*1H4/t2*7-,8+;2*4-,5+;;;;/m1010..../s1. The van der Waals surface area contributed by atoms with Gasteiger partial charge in [-0.2, -0.15) is 0 Å². The molecule has 46 heavy (non-hydrogen) atoms. The van der Waals surface area contributed by atoms with Gasteiger partial charge >= 0.3 is 12.2 Å². The first-order chi connectivity index (χ1) is 19.3. The van der Waals surface area contributed by atoms with E-state index in [9.17, 15) is 19.8 Å². The van der Waals surface area contributed by atoms with Gasteiger partial charge in [-0.25, -0.2) is 9.59 Å². The Morgan fingerprint density at radius 1 is 0.522 bits per heavy atom. The lowest BCUT2D eigenvalue weighted by atomic mass is 10.2. The highest BCUT2D eigenvalue weighted by atomic mass is 16.6. The van der Waals surface area contributed by atoms with E-state index in [0.717, 1.165) is 64.2 Å². The molecule has 0 unspecified atom stereocenters. The molecule has 0 aromatic carbocycles. The van der Waals surface area contributed by atoms with E-state index >= 15 is 0 Å². The highest BCUT2D eigenvalue weighted by Gasteiger charge is 2.27. The van der Waals surface area contributed by atoms with Crippen LogP contribution in [0.5, 0.6) is 0 Å². The van der Waals surface area contributed by atoms with Crippen LogP contribution in [0.1, 0.15) is 148 Å². The van der Waals surface area contributed by atoms with E-state index in [4.69, 9.17) is 31.2 Å². The zero-order valence-corrected chi connectivity index (χ0v) is 26.7. The molecule has 4 aliphatic rings. The predicted molar refractivity (Wildman–Crippen MR) is 189 cm³/mol. The Morgan fingerprint density at radius 3 is 0.935 bits per heavy atom. The van der Waals surface area contributed by atoms with Crippen molar-refractivity contribution in [2.75, 3.05) is 0 Å². The van der Waals surface area contributed by atoms with Crippen LogP contribution in [0.4, 0.5) is 9.59 Å². The molecule has 4 saturated carbocycles. The minimum Gasteiger partial charge on any atom is -0.444 e. The quantitative estimate of drug-likeness (QED) is 0.195. The molecule has 0 saturated heterocycles. The van der Waals surface area contributed by atoms with Crippen LogP contribution in [0.3, 0.4) is 0 Å². The zero-order chi connectivity index (χ0) is 32.1. The molecule has 0 aliphatic heterocycles. The SMILES string of the molecule is C.C.C.C.CC(C)(C)OC(=O)N[C@@H]1CC[C@H](O)C1.CC(C)(C)OC(=O)N[C@H]1CC[C@@H](O)C1.N[C@@H]1CC[C@H](O)C1.N[C@H]1CC[C@@H](O)C1. The number of aliphatic hydroxyl groups excluding tert-OH is 4. The molecule has 4 rings (SSSR count). The van der Waals surface area contributed by atoms with Gasteiger partial charge in [-0.1, -0.05) is 29.7 Å². The molecule has 0 bridgehead atoms. The number of amides is 2. The Bertz CT molecular complexity index is 710. The fourth-order valence-corrected chi connectivity index (χ4v) is 5.11. The van der Waals surface area contributed by atoms with E-state index in [0.29, 0.717) is 12.8 Å². The molecular formula is C34H76N4O8. The van der Waals surface area contributed by atoms with Crippen molar-refractivity contribution in [3.8, 4) is 0 Å². The average Bonchev–Trinajstić information content (AvgIpc) is 3.59. The van der Waals surface area contributed by atoms with Gasteiger partial charge in [0.25, 0.3) is 0 Å². The number of hydrogen-bond acceptors (Lipinski definition) is 10. The summed E-state index contributed by atoms with van der Waals surface area (Å²) in [5, 5.41) is 41.6. The van der Waals surface area contributed by atoms with Crippen LogP contribution in [0, 0.1) is 0 Å². The van der Waals surface area contributed by atoms with E-state index in [1.165, 1.54) is 0 Å². The van der Waals surface area contributed by atoms with Gasteiger partial charge in [0.05, 0.1) is 24.4 Å². The van der Waals surface area contributed by atoms with Crippen molar-refractivity contribution in [2.24, 2.45) is 11.5 Å². The van der Waals surface area contributed by atoms with Gasteiger partial charge < -0.3 is 52.0 Å². The summed E-state index contributed by atoms with van der Waals surface area (Å²) in [6, 6.07) is 0.685. The van der Waals surface area contributed by atoms with Crippen LogP contribution in [0.2, 0.25) is 0 Å². The Labute approximate surface area is 281 Å². The third-order valence-corrected chi connectivity index (χ3v) is 7.14. The van der Waals surface area contributed by atoms with Gasteiger partial charge in [0.1, 0.15) is 11.2 Å². The van der Waals surface area contributed by atoms with Crippen molar-refractivity contribution in [1.82, 2.24) is 10.6 Å². The minimum absolute atomic E-state index is 0. The van der Waals surface area contributed by atoms with E-state index in [-0.39, 0.29) is 78.3 Å². The Hall–Kier alpha value is -1.70. The maximum absolute atomic E-state index is 11.3. The minimum atomic E-state index is -0.457. The third-order valence-electron chi connectivity index (χ3n) is 7.14. The summed E-state index contributed by atoms with van der Waals surface area (Å²) >= 11 is 0. The van der Waals surface area contributed by atoms with E-state index in [2.05, 4.69) is 10.6 Å². The van der Waals surface area contributed by atoms with Crippen molar-refractivity contribution in [3.63, 3.8) is 0 Å². The molecular weight excluding hydrogens is 592 g/mol. The maximum Gasteiger partial charge on any atom is 0.407 e. The molecule has 0 aromatic heterocycles. The first-order valence-corrected chi connectivity index (χ1v) is 15.5. The molecule has 12 nitrogen and oxygen atoms in total. The number of ether oxygens (including phenoxy) is 2. The highest BCUT2D eigenvalue weighted by Crippen LogP contribution is 2.20. The number of carbonyl (C=O) groups excluding carboxylic acids is 2. The van der Waals surface area contributed by atoms with Crippen LogP contribution in [-0.2, 0) is 9.47 Å². The number of carbonyl (C=O) groups is 2. The summed E-state index contributed by atoms with van der Waals surface area (Å²) in [4.78, 5) is 22.6. The molecule has 280 valence electrons. The zero-order valence-electron chi connectivity index (χ0n) is 26.7. The van der Waals surface area contributed by atoms with Crippen LogP contribution in [0.15, 0.2) is 0 Å². The molecule has 12 heteroatoms. The number of nitrogens with one attached hydrogen (secondary N) is 2. The van der Waals surface area contributed by atoms with Gasteiger partial charge in [-0.05, 0) is 119 Å². The van der Waals surface area contributed by atoms with Crippen LogP contribution in [-0.4, -0.2) is 92.4 Å². The largest absolute Gasteiger partial charge is 0.444 e. The molecule has 0 heterocycles. The van der Waals surface area contributed by atoms with E-state index in [1.54, 1.807) is 0 Å². The maximum atomic E-state index is 11.3. The van der Waals surface area contributed by atoms with Gasteiger partial charge in [0.15, 0.2) is 0 Å². The fourth-order valence-electron chi connectivity index (χ4n) is 5.11. The lowest BCUT2D eigenvalue weighted by Crippen LogP contribution is -2.38. The molecule has 0 aromatic rings. The molecule has 10 N–H and O–H groups in total. The Balaban J connectivity index is -0.000000259. The van der Waals surface area contributed by atoms with Crippen LogP contribution >= 0.6 is 0 Å². The average molecular weight is 669 g/mol. The number of alkyl carbamates (subject to hydrolysis) is 2. The molecule has 4 fully saturated rings. The molecule has 0 radical (unpaired) electrons. The number of hydrogen-bond donors (Lipinski definition) is 8. The van der Waals surface area contributed by atoms with Gasteiger partial charge in [0.2, 0.25) is 0 Å². The molecule has 8 atom stereocenters. The van der Waals surface area contributed by atoms with Crippen LogP contribution in [0.25, 0.3) is 0 Å². The first kappa shape index (κ1) is 51.1. The summed E-state index contributed by atoms with van der Waals surface area (Å²) in [5.74, 6) is 0. The Morgan fingerprint density at radius 2 is 0.783 bits per heavy atom. The van der Waals surface area contributed by atoms with E-state index in [1.807, 2.05) is 41.5 Å². The monoisotopic (exact) mass is 669 g/mol. The molecule has 2 amide bonds. The lowest BCUT2D eigenvalue weighted by molar-refractivity contribution is 0.0489. The summed E-state index contributed by atoms with van der Waals surface area (Å²) in [6.45, 7) is 11.0. The van der Waals surface area contributed by atoms with Crippen molar-refractivity contribution in [1.29, 1.82) is 0 Å². The van der Waals surface area contributed by atoms with Crippen molar-refractivity contribution in [2.45, 2.75) is 208 Å². The second-order valence-electron chi connectivity index (χ2n) is 14.1. The molecule has 0 spiro atoms.